The Morgan fingerprint density at radius 1 is 0.943 bits per heavy atom. The number of nitrogens with one attached hydrogen (secondary N) is 3. The lowest BCUT2D eigenvalue weighted by Crippen LogP contribution is -2.52. The van der Waals surface area contributed by atoms with E-state index in [-0.39, 0.29) is 18.2 Å². The van der Waals surface area contributed by atoms with Crippen LogP contribution in [0.1, 0.15) is 23.5 Å². The second-order valence-electron chi connectivity index (χ2n) is 8.60. The van der Waals surface area contributed by atoms with E-state index in [9.17, 15) is 22.0 Å². The maximum atomic E-state index is 14.0. The molecule has 0 unspecified atom stereocenters. The Balaban J connectivity index is 1.40. The van der Waals surface area contributed by atoms with Crippen molar-refractivity contribution in [3.8, 4) is 0 Å². The molecule has 0 saturated carbocycles. The van der Waals surface area contributed by atoms with Crippen molar-refractivity contribution in [1.82, 2.24) is 15.4 Å². The Labute approximate surface area is 203 Å². The van der Waals surface area contributed by atoms with E-state index in [0.717, 1.165) is 23.3 Å². The van der Waals surface area contributed by atoms with Gasteiger partial charge in [0.15, 0.2) is 0 Å². The molecule has 9 heteroatoms. The van der Waals surface area contributed by atoms with Gasteiger partial charge in [0, 0.05) is 37.7 Å². The number of hydrogen-bond acceptors (Lipinski definition) is 4. The smallest absolute Gasteiger partial charge is 0.243 e. The van der Waals surface area contributed by atoms with Crippen molar-refractivity contribution in [2.75, 3.05) is 19.6 Å². The molecule has 1 heterocycles. The average Bonchev–Trinajstić information content (AvgIpc) is 2.85. The van der Waals surface area contributed by atoms with Gasteiger partial charge in [0.2, 0.25) is 15.9 Å². The first kappa shape index (κ1) is 25.0. The number of halogens is 2. The van der Waals surface area contributed by atoms with Crippen molar-refractivity contribution >= 4 is 15.9 Å². The lowest BCUT2D eigenvalue weighted by Gasteiger charge is -2.30. The Kier molecular flexibility index (Phi) is 7.90. The standard InChI is InChI=1S/C26H27F2N3O3S/c27-21-11-12-25(24(28)14-21)35(33,34)31-22-13-20(15-29-16-22)26(32)30-17-23(18-7-3-1-4-8-18)19-9-5-2-6-10-19/h1-12,14,20,22-23,29,31H,13,15-17H2,(H,30,32)/t20-,22-/m0/s1. The van der Waals surface area contributed by atoms with Crippen molar-refractivity contribution in [3.05, 3.63) is 102 Å². The Bertz CT molecular complexity index is 1220. The number of sulfonamides is 1. The van der Waals surface area contributed by atoms with Gasteiger partial charge in [-0.3, -0.25) is 4.79 Å². The average molecular weight is 500 g/mol. The summed E-state index contributed by atoms with van der Waals surface area (Å²) in [4.78, 5) is 12.4. The molecule has 0 aliphatic carbocycles. The second-order valence-corrected chi connectivity index (χ2v) is 10.3. The molecule has 0 aromatic heterocycles. The third-order valence-corrected chi connectivity index (χ3v) is 7.66. The minimum absolute atomic E-state index is 0.0337. The molecule has 3 aromatic carbocycles. The minimum Gasteiger partial charge on any atom is -0.355 e. The zero-order valence-electron chi connectivity index (χ0n) is 19.0. The van der Waals surface area contributed by atoms with Crippen LogP contribution in [-0.2, 0) is 14.8 Å². The molecule has 6 nitrogen and oxygen atoms in total. The monoisotopic (exact) mass is 499 g/mol. The summed E-state index contributed by atoms with van der Waals surface area (Å²) < 4.78 is 54.9. The van der Waals surface area contributed by atoms with Crippen molar-refractivity contribution in [2.24, 2.45) is 5.92 Å². The van der Waals surface area contributed by atoms with Crippen LogP contribution in [0.15, 0.2) is 83.8 Å². The van der Waals surface area contributed by atoms with Gasteiger partial charge in [0.25, 0.3) is 0 Å². The number of hydrogen-bond donors (Lipinski definition) is 3. The maximum absolute atomic E-state index is 14.0. The van der Waals surface area contributed by atoms with Gasteiger partial charge in [-0.15, -0.1) is 0 Å². The van der Waals surface area contributed by atoms with Crippen molar-refractivity contribution < 1.29 is 22.0 Å². The molecule has 1 aliphatic heterocycles. The largest absolute Gasteiger partial charge is 0.355 e. The molecule has 1 aliphatic rings. The van der Waals surface area contributed by atoms with Gasteiger partial charge < -0.3 is 10.6 Å². The van der Waals surface area contributed by atoms with E-state index in [1.807, 2.05) is 60.7 Å². The fraction of sp³-hybridized carbons (Fsp3) is 0.269. The summed E-state index contributed by atoms with van der Waals surface area (Å²) in [5.41, 5.74) is 2.15. The number of piperidine rings is 1. The number of rotatable bonds is 8. The number of benzene rings is 3. The Morgan fingerprint density at radius 3 is 2.17 bits per heavy atom. The van der Waals surface area contributed by atoms with Crippen LogP contribution in [0.4, 0.5) is 8.78 Å². The molecule has 1 fully saturated rings. The molecule has 184 valence electrons. The highest BCUT2D eigenvalue weighted by molar-refractivity contribution is 7.89. The molecule has 4 rings (SSSR count). The fourth-order valence-electron chi connectivity index (χ4n) is 4.35. The van der Waals surface area contributed by atoms with Crippen molar-refractivity contribution in [1.29, 1.82) is 0 Å². The molecule has 2 atom stereocenters. The van der Waals surface area contributed by atoms with E-state index in [1.54, 1.807) is 0 Å². The highest BCUT2D eigenvalue weighted by atomic mass is 32.2. The lowest BCUT2D eigenvalue weighted by molar-refractivity contribution is -0.125. The summed E-state index contributed by atoms with van der Waals surface area (Å²) in [6.07, 6.45) is 0.252. The zero-order chi connectivity index (χ0) is 24.8. The van der Waals surface area contributed by atoms with Gasteiger partial charge in [-0.2, -0.15) is 0 Å². The van der Waals surface area contributed by atoms with Gasteiger partial charge in [-0.05, 0) is 29.7 Å². The van der Waals surface area contributed by atoms with Crippen LogP contribution < -0.4 is 15.4 Å². The summed E-state index contributed by atoms with van der Waals surface area (Å²) >= 11 is 0. The number of carbonyl (C=O) groups is 1. The van der Waals surface area contributed by atoms with Gasteiger partial charge in [-0.25, -0.2) is 21.9 Å². The van der Waals surface area contributed by atoms with Gasteiger partial charge in [-0.1, -0.05) is 60.7 Å². The molecule has 0 spiro atoms. The molecule has 0 radical (unpaired) electrons. The molecule has 1 saturated heterocycles. The third kappa shape index (κ3) is 6.30. The second kappa shape index (κ2) is 11.1. The quantitative estimate of drug-likeness (QED) is 0.444. The third-order valence-electron chi connectivity index (χ3n) is 6.11. The van der Waals surface area contributed by atoms with Gasteiger partial charge in [0.05, 0.1) is 5.92 Å². The minimum atomic E-state index is -4.22. The Morgan fingerprint density at radius 2 is 1.57 bits per heavy atom. The van der Waals surface area contributed by atoms with Crippen LogP contribution in [0.5, 0.6) is 0 Å². The summed E-state index contributed by atoms with van der Waals surface area (Å²) in [6, 6.07) is 21.5. The Hall–Kier alpha value is -3.14. The zero-order valence-corrected chi connectivity index (χ0v) is 19.8. The van der Waals surface area contributed by atoms with Gasteiger partial charge in [0.1, 0.15) is 16.5 Å². The van der Waals surface area contributed by atoms with Crippen LogP contribution in [0.25, 0.3) is 0 Å². The summed E-state index contributed by atoms with van der Waals surface area (Å²) in [7, 11) is -4.22. The van der Waals surface area contributed by atoms with Crippen LogP contribution in [0, 0.1) is 17.6 Å². The van der Waals surface area contributed by atoms with Crippen molar-refractivity contribution in [3.63, 3.8) is 0 Å². The molecule has 35 heavy (non-hydrogen) atoms. The van der Waals surface area contributed by atoms with E-state index < -0.39 is 38.5 Å². The molecular formula is C26H27F2N3O3S. The van der Waals surface area contributed by atoms with Crippen LogP contribution >= 0.6 is 0 Å². The van der Waals surface area contributed by atoms with E-state index in [0.29, 0.717) is 25.7 Å². The lowest BCUT2D eigenvalue weighted by atomic mass is 9.90. The van der Waals surface area contributed by atoms with Crippen LogP contribution in [-0.4, -0.2) is 40.0 Å². The highest BCUT2D eigenvalue weighted by Gasteiger charge is 2.31. The van der Waals surface area contributed by atoms with Crippen LogP contribution in [0.2, 0.25) is 0 Å². The first-order valence-electron chi connectivity index (χ1n) is 11.4. The first-order chi connectivity index (χ1) is 16.8. The first-order valence-corrected chi connectivity index (χ1v) is 12.9. The van der Waals surface area contributed by atoms with Crippen molar-refractivity contribution in [2.45, 2.75) is 23.3 Å². The molecular weight excluding hydrogens is 472 g/mol. The number of amides is 1. The topological polar surface area (TPSA) is 87.3 Å². The fourth-order valence-corrected chi connectivity index (χ4v) is 5.66. The van der Waals surface area contributed by atoms with Gasteiger partial charge >= 0.3 is 0 Å². The van der Waals surface area contributed by atoms with E-state index in [4.69, 9.17) is 0 Å². The number of carbonyl (C=O) groups excluding carboxylic acids is 1. The SMILES string of the molecule is O=C(NCC(c1ccccc1)c1ccccc1)[C@@H]1CNC[C@@H](NS(=O)(=O)c2ccc(F)cc2F)C1. The molecule has 0 bridgehead atoms. The van der Waals surface area contributed by atoms with E-state index in [2.05, 4.69) is 15.4 Å². The highest BCUT2D eigenvalue weighted by Crippen LogP contribution is 2.24. The predicted molar refractivity (Wildman–Crippen MR) is 129 cm³/mol. The molecule has 1 amide bonds. The van der Waals surface area contributed by atoms with Crippen LogP contribution in [0.3, 0.4) is 0 Å². The predicted octanol–water partition coefficient (Wildman–Crippen LogP) is 3.17. The van der Waals surface area contributed by atoms with E-state index in [1.165, 1.54) is 0 Å². The summed E-state index contributed by atoms with van der Waals surface area (Å²) in [5.74, 6) is -2.72. The molecule has 3 aromatic rings. The molecule has 3 N–H and O–H groups in total. The normalized spacial score (nSPS) is 18.4. The summed E-state index contributed by atoms with van der Waals surface area (Å²) in [5, 5.41) is 6.10. The van der Waals surface area contributed by atoms with E-state index >= 15 is 0 Å². The maximum Gasteiger partial charge on any atom is 0.243 e. The summed E-state index contributed by atoms with van der Waals surface area (Å²) in [6.45, 7) is 1.08.